The predicted octanol–water partition coefficient (Wildman–Crippen LogP) is 3.37. The first kappa shape index (κ1) is 10.4. The first-order valence-corrected chi connectivity index (χ1v) is 6.22. The number of para-hydroxylation sites is 2. The van der Waals surface area contributed by atoms with E-state index in [-0.39, 0.29) is 6.04 Å². The summed E-state index contributed by atoms with van der Waals surface area (Å²) in [7, 11) is 0. The van der Waals surface area contributed by atoms with E-state index in [4.69, 9.17) is 9.15 Å². The summed E-state index contributed by atoms with van der Waals surface area (Å²) in [4.78, 5) is 4.12. The SMILES string of the molecule is c1ccc2c(c1)NC(c1ccc3ncoc3c1)CO2. The summed E-state index contributed by atoms with van der Waals surface area (Å²) in [5, 5.41) is 3.48. The van der Waals surface area contributed by atoms with Crippen molar-refractivity contribution in [3.8, 4) is 5.75 Å². The van der Waals surface area contributed by atoms with Gasteiger partial charge in [-0.25, -0.2) is 4.98 Å². The van der Waals surface area contributed by atoms with Crippen molar-refractivity contribution in [1.82, 2.24) is 4.98 Å². The summed E-state index contributed by atoms with van der Waals surface area (Å²) in [5.74, 6) is 0.902. The van der Waals surface area contributed by atoms with Crippen LogP contribution in [0, 0.1) is 0 Å². The minimum absolute atomic E-state index is 0.129. The molecule has 4 nitrogen and oxygen atoms in total. The number of ether oxygens (including phenoxy) is 1. The summed E-state index contributed by atoms with van der Waals surface area (Å²) in [6, 6.07) is 14.1. The maximum absolute atomic E-state index is 5.78. The molecule has 2 aromatic carbocycles. The summed E-state index contributed by atoms with van der Waals surface area (Å²) < 4.78 is 11.1. The number of nitrogens with one attached hydrogen (secondary N) is 1. The molecule has 0 radical (unpaired) electrons. The summed E-state index contributed by atoms with van der Waals surface area (Å²) in [6.45, 7) is 0.608. The third-order valence-electron chi connectivity index (χ3n) is 3.38. The zero-order valence-corrected chi connectivity index (χ0v) is 10.2. The van der Waals surface area contributed by atoms with Crippen molar-refractivity contribution in [2.24, 2.45) is 0 Å². The zero-order chi connectivity index (χ0) is 12.7. The molecule has 0 saturated heterocycles. The molecule has 0 amide bonds. The van der Waals surface area contributed by atoms with Gasteiger partial charge in [0.15, 0.2) is 12.0 Å². The van der Waals surface area contributed by atoms with Gasteiger partial charge in [-0.15, -0.1) is 0 Å². The van der Waals surface area contributed by atoms with E-state index in [1.807, 2.05) is 36.4 Å². The van der Waals surface area contributed by atoms with Crippen molar-refractivity contribution in [2.45, 2.75) is 6.04 Å². The van der Waals surface area contributed by atoms with Gasteiger partial charge in [-0.05, 0) is 29.8 Å². The smallest absolute Gasteiger partial charge is 0.181 e. The van der Waals surface area contributed by atoms with Gasteiger partial charge in [0.1, 0.15) is 17.9 Å². The van der Waals surface area contributed by atoms with Crippen LogP contribution in [0.5, 0.6) is 5.75 Å². The highest BCUT2D eigenvalue weighted by Gasteiger charge is 2.20. The molecule has 1 aromatic heterocycles. The average molecular weight is 252 g/mol. The molecule has 4 rings (SSSR count). The van der Waals surface area contributed by atoms with Gasteiger partial charge in [0.25, 0.3) is 0 Å². The van der Waals surface area contributed by atoms with Crippen LogP contribution in [0.2, 0.25) is 0 Å². The van der Waals surface area contributed by atoms with E-state index in [2.05, 4.69) is 16.4 Å². The number of rotatable bonds is 1. The largest absolute Gasteiger partial charge is 0.489 e. The molecule has 3 aromatic rings. The number of oxazole rings is 1. The Morgan fingerprint density at radius 2 is 2.11 bits per heavy atom. The fourth-order valence-electron chi connectivity index (χ4n) is 2.38. The Hall–Kier alpha value is -2.49. The molecule has 0 bridgehead atoms. The Morgan fingerprint density at radius 3 is 3.11 bits per heavy atom. The first-order chi connectivity index (χ1) is 9.40. The Morgan fingerprint density at radius 1 is 1.16 bits per heavy atom. The lowest BCUT2D eigenvalue weighted by molar-refractivity contribution is 0.286. The highest BCUT2D eigenvalue weighted by atomic mass is 16.5. The average Bonchev–Trinajstić information content (AvgIpc) is 2.94. The van der Waals surface area contributed by atoms with Gasteiger partial charge in [0.05, 0.1) is 11.7 Å². The normalized spacial score (nSPS) is 17.6. The summed E-state index contributed by atoms with van der Waals surface area (Å²) in [6.07, 6.45) is 1.47. The van der Waals surface area contributed by atoms with Crippen LogP contribution in [-0.2, 0) is 0 Å². The quantitative estimate of drug-likeness (QED) is 0.721. The predicted molar refractivity (Wildman–Crippen MR) is 72.3 cm³/mol. The van der Waals surface area contributed by atoms with Gasteiger partial charge in [0, 0.05) is 0 Å². The minimum atomic E-state index is 0.129. The molecule has 1 N–H and O–H groups in total. The third kappa shape index (κ3) is 1.73. The molecule has 1 aliphatic heterocycles. The maximum Gasteiger partial charge on any atom is 0.181 e. The monoisotopic (exact) mass is 252 g/mol. The molecule has 0 aliphatic carbocycles. The summed E-state index contributed by atoms with van der Waals surface area (Å²) in [5.41, 5.74) is 3.84. The van der Waals surface area contributed by atoms with Crippen LogP contribution in [-0.4, -0.2) is 11.6 Å². The van der Waals surface area contributed by atoms with E-state index in [9.17, 15) is 0 Å². The maximum atomic E-state index is 5.78. The van der Waals surface area contributed by atoms with E-state index in [0.29, 0.717) is 6.61 Å². The first-order valence-electron chi connectivity index (χ1n) is 6.22. The molecule has 1 aliphatic rings. The van der Waals surface area contributed by atoms with Crippen LogP contribution in [0.15, 0.2) is 53.3 Å². The second-order valence-electron chi connectivity index (χ2n) is 4.58. The molecular weight excluding hydrogens is 240 g/mol. The topological polar surface area (TPSA) is 47.3 Å². The molecule has 94 valence electrons. The van der Waals surface area contributed by atoms with Crippen LogP contribution in [0.3, 0.4) is 0 Å². The lowest BCUT2D eigenvalue weighted by Gasteiger charge is -2.27. The van der Waals surface area contributed by atoms with E-state index >= 15 is 0 Å². The van der Waals surface area contributed by atoms with E-state index in [1.165, 1.54) is 6.39 Å². The highest BCUT2D eigenvalue weighted by Crippen LogP contribution is 2.33. The van der Waals surface area contributed by atoms with Gasteiger partial charge < -0.3 is 14.5 Å². The van der Waals surface area contributed by atoms with Gasteiger partial charge in [-0.2, -0.15) is 0 Å². The number of aromatic nitrogens is 1. The Kier molecular flexibility index (Phi) is 2.21. The molecule has 1 unspecified atom stereocenters. The molecule has 19 heavy (non-hydrogen) atoms. The molecule has 1 atom stereocenters. The van der Waals surface area contributed by atoms with Gasteiger partial charge in [0.2, 0.25) is 0 Å². The van der Waals surface area contributed by atoms with Crippen molar-refractivity contribution >= 4 is 16.8 Å². The van der Waals surface area contributed by atoms with Gasteiger partial charge in [-0.3, -0.25) is 0 Å². The molecule has 0 spiro atoms. The zero-order valence-electron chi connectivity index (χ0n) is 10.2. The Balaban J connectivity index is 1.70. The standard InChI is InChI=1S/C15H12N2O2/c1-2-4-14-12(3-1)17-13(8-18-14)10-5-6-11-15(7-10)19-9-16-11/h1-7,9,13,17H,8H2. The van der Waals surface area contributed by atoms with Crippen molar-refractivity contribution in [2.75, 3.05) is 11.9 Å². The van der Waals surface area contributed by atoms with E-state index < -0.39 is 0 Å². The van der Waals surface area contributed by atoms with Crippen molar-refractivity contribution in [3.63, 3.8) is 0 Å². The number of nitrogens with zero attached hydrogens (tertiary/aromatic N) is 1. The highest BCUT2D eigenvalue weighted by molar-refractivity contribution is 5.73. The number of hydrogen-bond acceptors (Lipinski definition) is 4. The van der Waals surface area contributed by atoms with Gasteiger partial charge in [-0.1, -0.05) is 18.2 Å². The van der Waals surface area contributed by atoms with Crippen LogP contribution in [0.25, 0.3) is 11.1 Å². The fourth-order valence-corrected chi connectivity index (χ4v) is 2.38. The molecule has 4 heteroatoms. The number of hydrogen-bond donors (Lipinski definition) is 1. The van der Waals surface area contributed by atoms with E-state index in [0.717, 1.165) is 28.1 Å². The summed E-state index contributed by atoms with van der Waals surface area (Å²) >= 11 is 0. The van der Waals surface area contributed by atoms with Gasteiger partial charge >= 0.3 is 0 Å². The number of fused-ring (bicyclic) bond motifs is 2. The number of anilines is 1. The van der Waals surface area contributed by atoms with Crippen molar-refractivity contribution in [3.05, 3.63) is 54.4 Å². The third-order valence-corrected chi connectivity index (χ3v) is 3.38. The lowest BCUT2D eigenvalue weighted by atomic mass is 10.1. The lowest BCUT2D eigenvalue weighted by Crippen LogP contribution is -2.23. The van der Waals surface area contributed by atoms with Crippen molar-refractivity contribution in [1.29, 1.82) is 0 Å². The van der Waals surface area contributed by atoms with Crippen LogP contribution in [0.4, 0.5) is 5.69 Å². The molecule has 2 heterocycles. The minimum Gasteiger partial charge on any atom is -0.489 e. The van der Waals surface area contributed by atoms with Crippen molar-refractivity contribution < 1.29 is 9.15 Å². The fraction of sp³-hybridized carbons (Fsp3) is 0.133. The second kappa shape index (κ2) is 4.02. The van der Waals surface area contributed by atoms with E-state index in [1.54, 1.807) is 0 Å². The second-order valence-corrected chi connectivity index (χ2v) is 4.58. The van der Waals surface area contributed by atoms with Crippen LogP contribution in [0.1, 0.15) is 11.6 Å². The molecule has 0 fully saturated rings. The Bertz CT molecular complexity index is 736. The van der Waals surface area contributed by atoms with Crippen LogP contribution < -0.4 is 10.1 Å². The number of benzene rings is 2. The Labute approximate surface area is 110 Å². The molecule has 0 saturated carbocycles. The molecular formula is C15H12N2O2. The van der Waals surface area contributed by atoms with Crippen LogP contribution >= 0.6 is 0 Å².